The maximum Gasteiger partial charge on any atom is 0.0449 e. The lowest BCUT2D eigenvalue weighted by Gasteiger charge is -2.21. The number of aryl methyl sites for hydroxylation is 1. The van der Waals surface area contributed by atoms with E-state index in [-0.39, 0.29) is 0 Å². The van der Waals surface area contributed by atoms with Crippen LogP contribution in [0.3, 0.4) is 0 Å². The van der Waals surface area contributed by atoms with E-state index in [2.05, 4.69) is 45.9 Å². The van der Waals surface area contributed by atoms with Crippen LogP contribution in [0.4, 0.5) is 0 Å². The van der Waals surface area contributed by atoms with Gasteiger partial charge in [-0.1, -0.05) is 6.92 Å². The van der Waals surface area contributed by atoms with Crippen LogP contribution in [-0.4, -0.2) is 23.5 Å². The van der Waals surface area contributed by atoms with Crippen LogP contribution in [0.25, 0.3) is 0 Å². The number of halogens is 1. The van der Waals surface area contributed by atoms with Crippen molar-refractivity contribution < 1.29 is 0 Å². The molecule has 0 spiro atoms. The fourth-order valence-electron chi connectivity index (χ4n) is 2.37. The molecular formula is C12H17BrN2. The highest BCUT2D eigenvalue weighted by Crippen LogP contribution is 2.33. The lowest BCUT2D eigenvalue weighted by molar-refractivity contribution is 0.315. The van der Waals surface area contributed by atoms with Gasteiger partial charge in [-0.25, -0.2) is 0 Å². The summed E-state index contributed by atoms with van der Waals surface area (Å²) in [6.45, 7) is 3.38. The first-order chi connectivity index (χ1) is 7.22. The van der Waals surface area contributed by atoms with Crippen LogP contribution in [0.15, 0.2) is 16.7 Å². The van der Waals surface area contributed by atoms with Crippen molar-refractivity contribution in [3.63, 3.8) is 0 Å². The molecule has 1 aliphatic heterocycles. The van der Waals surface area contributed by atoms with E-state index in [0.29, 0.717) is 6.04 Å². The van der Waals surface area contributed by atoms with E-state index in [4.69, 9.17) is 0 Å². The van der Waals surface area contributed by atoms with Gasteiger partial charge in [-0.2, -0.15) is 0 Å². The summed E-state index contributed by atoms with van der Waals surface area (Å²) >= 11 is 3.51. The first kappa shape index (κ1) is 11.1. The van der Waals surface area contributed by atoms with Crippen LogP contribution in [0, 0.1) is 0 Å². The fourth-order valence-corrected chi connectivity index (χ4v) is 2.72. The molecule has 0 saturated carbocycles. The third-order valence-corrected chi connectivity index (χ3v) is 3.62. The molecule has 0 amide bonds. The molecule has 0 aliphatic carbocycles. The monoisotopic (exact) mass is 268 g/mol. The summed E-state index contributed by atoms with van der Waals surface area (Å²) in [5.41, 5.74) is 2.66. The van der Waals surface area contributed by atoms with E-state index >= 15 is 0 Å². The first-order valence-electron chi connectivity index (χ1n) is 5.57. The van der Waals surface area contributed by atoms with Gasteiger partial charge in [-0.15, -0.1) is 0 Å². The van der Waals surface area contributed by atoms with Gasteiger partial charge in [-0.05, 0) is 60.4 Å². The summed E-state index contributed by atoms with van der Waals surface area (Å²) in [5, 5.41) is 0. The van der Waals surface area contributed by atoms with Crippen LogP contribution in [0.2, 0.25) is 0 Å². The number of likely N-dealkylation sites (tertiary alicyclic amines) is 1. The molecule has 2 nitrogen and oxygen atoms in total. The molecule has 1 aliphatic rings. The molecule has 2 heterocycles. The quantitative estimate of drug-likeness (QED) is 0.819. The summed E-state index contributed by atoms with van der Waals surface area (Å²) in [5.74, 6) is 0. The molecule has 0 aromatic carbocycles. The molecular weight excluding hydrogens is 252 g/mol. The summed E-state index contributed by atoms with van der Waals surface area (Å²) in [6, 6.07) is 2.81. The molecule has 15 heavy (non-hydrogen) atoms. The van der Waals surface area contributed by atoms with Gasteiger partial charge in [-0.3, -0.25) is 9.88 Å². The maximum absolute atomic E-state index is 4.50. The topological polar surface area (TPSA) is 16.1 Å². The highest BCUT2D eigenvalue weighted by Gasteiger charge is 2.24. The highest BCUT2D eigenvalue weighted by molar-refractivity contribution is 9.10. The molecule has 0 radical (unpaired) electrons. The minimum Gasteiger partial charge on any atom is -0.299 e. The Morgan fingerprint density at radius 1 is 1.60 bits per heavy atom. The van der Waals surface area contributed by atoms with E-state index in [9.17, 15) is 0 Å². The summed E-state index contributed by atoms with van der Waals surface area (Å²) < 4.78 is 1.09. The molecule has 82 valence electrons. The van der Waals surface area contributed by atoms with Gasteiger partial charge in [0.2, 0.25) is 0 Å². The molecule has 1 atom stereocenters. The summed E-state index contributed by atoms with van der Waals surface area (Å²) in [7, 11) is 2.21. The molecule has 0 unspecified atom stereocenters. The zero-order chi connectivity index (χ0) is 10.8. The van der Waals surface area contributed by atoms with Gasteiger partial charge in [0.05, 0.1) is 0 Å². The minimum absolute atomic E-state index is 0.574. The Labute approximate surface area is 99.8 Å². The molecule has 1 aromatic rings. The zero-order valence-corrected chi connectivity index (χ0v) is 10.9. The third-order valence-electron chi connectivity index (χ3n) is 3.18. The van der Waals surface area contributed by atoms with E-state index in [1.54, 1.807) is 0 Å². The first-order valence-corrected chi connectivity index (χ1v) is 6.36. The van der Waals surface area contributed by atoms with Gasteiger partial charge < -0.3 is 0 Å². The van der Waals surface area contributed by atoms with E-state index < -0.39 is 0 Å². The number of pyridine rings is 1. The van der Waals surface area contributed by atoms with Crippen molar-refractivity contribution >= 4 is 15.9 Å². The third kappa shape index (κ3) is 2.23. The molecule has 1 saturated heterocycles. The van der Waals surface area contributed by atoms with Crippen molar-refractivity contribution in [1.82, 2.24) is 9.88 Å². The average Bonchev–Trinajstić information content (AvgIpc) is 2.64. The molecule has 0 bridgehead atoms. The van der Waals surface area contributed by atoms with E-state index in [1.807, 2.05) is 6.20 Å². The molecule has 0 N–H and O–H groups in total. The smallest absolute Gasteiger partial charge is 0.0449 e. The normalized spacial score (nSPS) is 22.2. The Kier molecular flexibility index (Phi) is 3.42. The standard InChI is InChI=1S/C12H17BrN2/c1-3-11-10(7-9(13)8-14-11)12-5-4-6-15(12)2/h7-8,12H,3-6H2,1-2H3/t12-/m0/s1. The van der Waals surface area contributed by atoms with Crippen molar-refractivity contribution in [3.8, 4) is 0 Å². The average molecular weight is 269 g/mol. The van der Waals surface area contributed by atoms with Crippen molar-refractivity contribution in [2.75, 3.05) is 13.6 Å². The Bertz CT molecular complexity index is 351. The van der Waals surface area contributed by atoms with Crippen LogP contribution >= 0.6 is 15.9 Å². The van der Waals surface area contributed by atoms with Gasteiger partial charge in [0.15, 0.2) is 0 Å². The second-order valence-electron chi connectivity index (χ2n) is 4.18. The number of rotatable bonds is 2. The second-order valence-corrected chi connectivity index (χ2v) is 5.10. The number of nitrogens with zero attached hydrogens (tertiary/aromatic N) is 2. The highest BCUT2D eigenvalue weighted by atomic mass is 79.9. The number of hydrogen-bond acceptors (Lipinski definition) is 2. The van der Waals surface area contributed by atoms with E-state index in [1.165, 1.54) is 30.6 Å². The van der Waals surface area contributed by atoms with Crippen LogP contribution in [0.5, 0.6) is 0 Å². The predicted molar refractivity (Wildman–Crippen MR) is 65.9 cm³/mol. The number of hydrogen-bond donors (Lipinski definition) is 0. The lowest BCUT2D eigenvalue weighted by atomic mass is 10.0. The van der Waals surface area contributed by atoms with Crippen LogP contribution in [0.1, 0.15) is 37.1 Å². The zero-order valence-electron chi connectivity index (χ0n) is 9.33. The molecule has 3 heteroatoms. The molecule has 1 fully saturated rings. The molecule has 1 aromatic heterocycles. The SMILES string of the molecule is CCc1ncc(Br)cc1[C@@H]1CCCN1C. The lowest BCUT2D eigenvalue weighted by Crippen LogP contribution is -2.19. The van der Waals surface area contributed by atoms with Gasteiger partial charge >= 0.3 is 0 Å². The van der Waals surface area contributed by atoms with E-state index in [0.717, 1.165) is 10.9 Å². The summed E-state index contributed by atoms with van der Waals surface area (Å²) in [4.78, 5) is 6.94. The minimum atomic E-state index is 0.574. The Morgan fingerprint density at radius 2 is 2.40 bits per heavy atom. The molecule has 2 rings (SSSR count). The Morgan fingerprint density at radius 3 is 3.00 bits per heavy atom. The van der Waals surface area contributed by atoms with Gasteiger partial charge in [0, 0.05) is 22.4 Å². The second kappa shape index (κ2) is 4.62. The Hall–Kier alpha value is -0.410. The van der Waals surface area contributed by atoms with Crippen molar-refractivity contribution in [3.05, 3.63) is 28.0 Å². The van der Waals surface area contributed by atoms with Crippen LogP contribution in [-0.2, 0) is 6.42 Å². The predicted octanol–water partition coefficient (Wildman–Crippen LogP) is 3.17. The largest absolute Gasteiger partial charge is 0.299 e. The maximum atomic E-state index is 4.50. The fraction of sp³-hybridized carbons (Fsp3) is 0.583. The van der Waals surface area contributed by atoms with Gasteiger partial charge in [0.1, 0.15) is 0 Å². The Balaban J connectivity index is 2.36. The van der Waals surface area contributed by atoms with Crippen molar-refractivity contribution in [2.45, 2.75) is 32.2 Å². The van der Waals surface area contributed by atoms with Crippen LogP contribution < -0.4 is 0 Å². The number of aromatic nitrogens is 1. The summed E-state index contributed by atoms with van der Waals surface area (Å²) in [6.07, 6.45) is 5.49. The van der Waals surface area contributed by atoms with Crippen molar-refractivity contribution in [2.24, 2.45) is 0 Å². The van der Waals surface area contributed by atoms with Gasteiger partial charge in [0.25, 0.3) is 0 Å². The van der Waals surface area contributed by atoms with Crippen molar-refractivity contribution in [1.29, 1.82) is 0 Å².